The fraction of sp³-hybridized carbons (Fsp3) is 0.350. The van der Waals surface area contributed by atoms with E-state index in [9.17, 15) is 10.2 Å². The second kappa shape index (κ2) is 5.31. The lowest BCUT2D eigenvalue weighted by molar-refractivity contribution is -0.0249. The van der Waals surface area contributed by atoms with Crippen molar-refractivity contribution in [2.75, 3.05) is 6.61 Å². The molecular weight excluding hydrogens is 316 g/mol. The zero-order chi connectivity index (χ0) is 17.1. The molecule has 2 N–H and O–H groups in total. The van der Waals surface area contributed by atoms with Crippen molar-refractivity contribution in [1.29, 1.82) is 0 Å². The highest BCUT2D eigenvalue weighted by Crippen LogP contribution is 2.46. The monoisotopic (exact) mass is 336 g/mol. The second-order valence-electron chi connectivity index (χ2n) is 7.03. The molecule has 1 aliphatic heterocycles. The Bertz CT molecular complexity index is 960. The first-order chi connectivity index (χ1) is 12.1. The molecule has 1 saturated carbocycles. The number of aliphatic hydroxyl groups is 2. The molecule has 2 aliphatic rings. The van der Waals surface area contributed by atoms with E-state index >= 15 is 0 Å². The zero-order valence-electron chi connectivity index (χ0n) is 14.0. The van der Waals surface area contributed by atoms with Gasteiger partial charge >= 0.3 is 0 Å². The Morgan fingerprint density at radius 1 is 1.16 bits per heavy atom. The predicted molar refractivity (Wildman–Crippen MR) is 94.6 cm³/mol. The topological polar surface area (TPSA) is 67.5 Å². The molecular formula is C20H20N2O3. The molecule has 0 bridgehead atoms. The van der Waals surface area contributed by atoms with Crippen LogP contribution in [-0.2, 0) is 7.05 Å². The van der Waals surface area contributed by atoms with Crippen LogP contribution in [0.25, 0.3) is 22.2 Å². The summed E-state index contributed by atoms with van der Waals surface area (Å²) in [5.41, 5.74) is 4.49. The average Bonchev–Trinajstić information content (AvgIpc) is 3.42. The van der Waals surface area contributed by atoms with Crippen LogP contribution in [0.5, 0.6) is 5.75 Å². The van der Waals surface area contributed by atoms with Crippen molar-refractivity contribution in [3.63, 3.8) is 0 Å². The molecule has 128 valence electrons. The highest BCUT2D eigenvalue weighted by Gasteiger charge is 2.34. The quantitative estimate of drug-likeness (QED) is 0.755. The fourth-order valence-corrected chi connectivity index (χ4v) is 3.79. The van der Waals surface area contributed by atoms with Crippen molar-refractivity contribution in [3.05, 3.63) is 47.8 Å². The van der Waals surface area contributed by atoms with E-state index < -0.39 is 12.2 Å². The van der Waals surface area contributed by atoms with Gasteiger partial charge in [-0.1, -0.05) is 30.3 Å². The Labute approximate surface area is 145 Å². The highest BCUT2D eigenvalue weighted by atomic mass is 16.5. The second-order valence-corrected chi connectivity index (χ2v) is 7.03. The van der Waals surface area contributed by atoms with Crippen molar-refractivity contribution in [3.8, 4) is 16.9 Å². The van der Waals surface area contributed by atoms with Crippen LogP contribution < -0.4 is 4.74 Å². The van der Waals surface area contributed by atoms with E-state index in [1.807, 2.05) is 24.3 Å². The number of benzene rings is 2. The van der Waals surface area contributed by atoms with E-state index in [4.69, 9.17) is 9.72 Å². The van der Waals surface area contributed by atoms with Gasteiger partial charge in [0.2, 0.25) is 0 Å². The molecule has 1 aromatic heterocycles. The number of fused-ring (bicyclic) bond motifs is 3. The van der Waals surface area contributed by atoms with Gasteiger partial charge in [0.05, 0.1) is 5.52 Å². The number of aryl methyl sites for hydroxylation is 1. The summed E-state index contributed by atoms with van der Waals surface area (Å²) in [6.07, 6.45) is 0.465. The minimum absolute atomic E-state index is 0.0866. The highest BCUT2D eigenvalue weighted by molar-refractivity contribution is 5.97. The summed E-state index contributed by atoms with van der Waals surface area (Å²) >= 11 is 0. The third-order valence-corrected chi connectivity index (χ3v) is 5.27. The standard InChI is InChI=1S/C20H20N2O3/c1-22-17-13(11-5-3-2-4-6-11)9-14-18(24)15(23)10-25-19(14)16(17)21-20(22)12-7-8-12/h2-6,9,12,15,18,23-24H,7-8,10H2,1H3/t15-,18+/m0/s1. The number of hydrogen-bond acceptors (Lipinski definition) is 4. The average molecular weight is 336 g/mol. The van der Waals surface area contributed by atoms with E-state index in [-0.39, 0.29) is 6.61 Å². The molecule has 2 aromatic carbocycles. The molecule has 5 heteroatoms. The summed E-state index contributed by atoms with van der Waals surface area (Å²) in [7, 11) is 2.05. The summed E-state index contributed by atoms with van der Waals surface area (Å²) in [6, 6.07) is 12.0. The maximum atomic E-state index is 10.5. The lowest BCUT2D eigenvalue weighted by Crippen LogP contribution is -2.30. The van der Waals surface area contributed by atoms with Gasteiger partial charge < -0.3 is 19.5 Å². The van der Waals surface area contributed by atoms with Gasteiger partial charge in [-0.2, -0.15) is 0 Å². The van der Waals surface area contributed by atoms with Crippen molar-refractivity contribution in [1.82, 2.24) is 9.55 Å². The first kappa shape index (κ1) is 14.9. The Hall–Kier alpha value is -2.37. The van der Waals surface area contributed by atoms with E-state index in [1.165, 1.54) is 12.8 Å². The Balaban J connectivity index is 1.86. The van der Waals surface area contributed by atoms with E-state index in [2.05, 4.69) is 23.7 Å². The molecule has 3 aromatic rings. The molecule has 0 unspecified atom stereocenters. The lowest BCUT2D eigenvalue weighted by Gasteiger charge is -2.27. The van der Waals surface area contributed by atoms with E-state index in [0.29, 0.717) is 17.2 Å². The van der Waals surface area contributed by atoms with Gasteiger partial charge in [-0.25, -0.2) is 4.98 Å². The number of aliphatic hydroxyl groups excluding tert-OH is 2. The number of rotatable bonds is 2. The summed E-state index contributed by atoms with van der Waals surface area (Å²) in [6.45, 7) is 0.0866. The largest absolute Gasteiger partial charge is 0.488 e. The Kier molecular flexibility index (Phi) is 3.17. The molecule has 2 atom stereocenters. The summed E-state index contributed by atoms with van der Waals surface area (Å²) in [5, 5.41) is 20.5. The number of ether oxygens (including phenoxy) is 1. The van der Waals surface area contributed by atoms with Crippen LogP contribution in [0.3, 0.4) is 0 Å². The molecule has 0 radical (unpaired) electrons. The maximum absolute atomic E-state index is 10.5. The van der Waals surface area contributed by atoms with E-state index in [0.717, 1.165) is 28.0 Å². The summed E-state index contributed by atoms with van der Waals surface area (Å²) in [4.78, 5) is 4.88. The van der Waals surface area contributed by atoms with Crippen molar-refractivity contribution in [2.24, 2.45) is 7.05 Å². The lowest BCUT2D eigenvalue weighted by atomic mass is 9.94. The molecule has 0 amide bonds. The van der Waals surface area contributed by atoms with Gasteiger partial charge in [-0.15, -0.1) is 0 Å². The number of aromatic nitrogens is 2. The minimum atomic E-state index is -0.956. The molecule has 2 heterocycles. The van der Waals surface area contributed by atoms with Gasteiger partial charge in [0, 0.05) is 24.1 Å². The van der Waals surface area contributed by atoms with Gasteiger partial charge in [-0.05, 0) is 24.5 Å². The third-order valence-electron chi connectivity index (χ3n) is 5.27. The third kappa shape index (κ3) is 2.19. The Morgan fingerprint density at radius 2 is 1.92 bits per heavy atom. The minimum Gasteiger partial charge on any atom is -0.488 e. The van der Waals surface area contributed by atoms with Crippen LogP contribution in [0.4, 0.5) is 0 Å². The predicted octanol–water partition coefficient (Wildman–Crippen LogP) is 2.90. The van der Waals surface area contributed by atoms with Gasteiger partial charge in [0.1, 0.15) is 30.2 Å². The van der Waals surface area contributed by atoms with Crippen LogP contribution in [0.1, 0.15) is 36.3 Å². The normalized spacial score (nSPS) is 22.7. The van der Waals surface area contributed by atoms with Crippen LogP contribution in [0.2, 0.25) is 0 Å². The number of imidazole rings is 1. The van der Waals surface area contributed by atoms with E-state index in [1.54, 1.807) is 0 Å². The SMILES string of the molecule is Cn1c(C2CC2)nc2c3c(cc(-c4ccccc4)c21)[C@@H](O)[C@@H](O)CO3. The zero-order valence-corrected chi connectivity index (χ0v) is 14.0. The molecule has 5 rings (SSSR count). The molecule has 1 aliphatic carbocycles. The van der Waals surface area contributed by atoms with Crippen molar-refractivity contribution >= 4 is 11.0 Å². The van der Waals surface area contributed by atoms with Gasteiger partial charge in [-0.3, -0.25) is 0 Å². The van der Waals surface area contributed by atoms with Crippen LogP contribution in [-0.4, -0.2) is 32.5 Å². The van der Waals surface area contributed by atoms with Gasteiger partial charge in [0.15, 0.2) is 5.75 Å². The first-order valence-corrected chi connectivity index (χ1v) is 8.72. The fourth-order valence-electron chi connectivity index (χ4n) is 3.79. The van der Waals surface area contributed by atoms with Crippen LogP contribution in [0, 0.1) is 0 Å². The summed E-state index contributed by atoms with van der Waals surface area (Å²) in [5.74, 6) is 2.19. The molecule has 25 heavy (non-hydrogen) atoms. The number of hydrogen-bond donors (Lipinski definition) is 2. The molecule has 0 spiro atoms. The summed E-state index contributed by atoms with van der Waals surface area (Å²) < 4.78 is 7.96. The molecule has 1 fully saturated rings. The van der Waals surface area contributed by atoms with Crippen LogP contribution >= 0.6 is 0 Å². The maximum Gasteiger partial charge on any atom is 0.153 e. The van der Waals surface area contributed by atoms with Crippen molar-refractivity contribution in [2.45, 2.75) is 31.0 Å². The number of nitrogens with zero attached hydrogens (tertiary/aromatic N) is 2. The van der Waals surface area contributed by atoms with Crippen LogP contribution in [0.15, 0.2) is 36.4 Å². The molecule has 5 nitrogen and oxygen atoms in total. The Morgan fingerprint density at radius 3 is 2.64 bits per heavy atom. The van der Waals surface area contributed by atoms with Crippen molar-refractivity contribution < 1.29 is 14.9 Å². The molecule has 0 saturated heterocycles. The smallest absolute Gasteiger partial charge is 0.153 e. The van der Waals surface area contributed by atoms with Gasteiger partial charge in [0.25, 0.3) is 0 Å². The first-order valence-electron chi connectivity index (χ1n) is 8.72.